The average molecular weight is 401 g/mol. The molecule has 138 valence electrons. The molecule has 1 aliphatic carbocycles. The number of aryl methyl sites for hydroxylation is 1. The third-order valence-corrected chi connectivity index (χ3v) is 6.93. The SMILES string of the molecule is C1=C(c2cc[nH]c2)c2ccsc2CC1.c1cc(-c2cc[nH]c2)c2ccsc2c1. The number of rotatable bonds is 2. The smallest absolute Gasteiger partial charge is 0.0348 e. The number of H-pyrrole nitrogens is 2. The Bertz CT molecular complexity index is 1200. The van der Waals surface area contributed by atoms with Crippen LogP contribution in [-0.2, 0) is 6.42 Å². The molecule has 4 heteroatoms. The fourth-order valence-corrected chi connectivity index (χ4v) is 5.46. The van der Waals surface area contributed by atoms with Gasteiger partial charge in [-0.15, -0.1) is 22.7 Å². The molecule has 4 aromatic heterocycles. The first kappa shape index (κ1) is 17.3. The highest BCUT2D eigenvalue weighted by Crippen LogP contribution is 2.34. The summed E-state index contributed by atoms with van der Waals surface area (Å²) in [6, 6.07) is 15.1. The van der Waals surface area contributed by atoms with Gasteiger partial charge in [0.2, 0.25) is 0 Å². The Hall–Kier alpha value is -2.82. The Labute approximate surface area is 172 Å². The van der Waals surface area contributed by atoms with Crippen molar-refractivity contribution < 1.29 is 0 Å². The van der Waals surface area contributed by atoms with Crippen molar-refractivity contribution in [3.8, 4) is 11.1 Å². The molecule has 28 heavy (non-hydrogen) atoms. The molecule has 0 bridgehead atoms. The van der Waals surface area contributed by atoms with Gasteiger partial charge in [0.1, 0.15) is 0 Å². The molecule has 0 saturated carbocycles. The predicted octanol–water partition coefficient (Wildman–Crippen LogP) is 7.35. The van der Waals surface area contributed by atoms with E-state index in [9.17, 15) is 0 Å². The average Bonchev–Trinajstić information content (AvgIpc) is 3.54. The molecule has 0 spiro atoms. The summed E-state index contributed by atoms with van der Waals surface area (Å²) in [5.74, 6) is 0. The maximum absolute atomic E-state index is 3.11. The highest BCUT2D eigenvalue weighted by molar-refractivity contribution is 7.17. The first-order chi connectivity index (χ1) is 13.9. The minimum absolute atomic E-state index is 1.17. The number of hydrogen-bond donors (Lipinski definition) is 2. The maximum Gasteiger partial charge on any atom is 0.0348 e. The van der Waals surface area contributed by atoms with Crippen LogP contribution in [0.3, 0.4) is 0 Å². The van der Waals surface area contributed by atoms with Gasteiger partial charge in [-0.05, 0) is 81.8 Å². The summed E-state index contributed by atoms with van der Waals surface area (Å²) in [6.07, 6.45) is 12.8. The molecule has 0 amide bonds. The van der Waals surface area contributed by atoms with Crippen molar-refractivity contribution in [2.45, 2.75) is 12.8 Å². The maximum atomic E-state index is 3.11. The van der Waals surface area contributed by atoms with Crippen molar-refractivity contribution in [1.29, 1.82) is 0 Å². The lowest BCUT2D eigenvalue weighted by atomic mass is 9.94. The number of allylic oxidation sites excluding steroid dienone is 1. The van der Waals surface area contributed by atoms with Crippen molar-refractivity contribution in [3.05, 3.63) is 100 Å². The van der Waals surface area contributed by atoms with Gasteiger partial charge in [0.15, 0.2) is 0 Å². The van der Waals surface area contributed by atoms with Gasteiger partial charge in [-0.2, -0.15) is 0 Å². The summed E-state index contributed by atoms with van der Waals surface area (Å²) in [5, 5.41) is 5.68. The minimum atomic E-state index is 1.17. The monoisotopic (exact) mass is 400 g/mol. The van der Waals surface area contributed by atoms with Crippen LogP contribution in [0, 0.1) is 0 Å². The van der Waals surface area contributed by atoms with Gasteiger partial charge in [-0.1, -0.05) is 18.2 Å². The second kappa shape index (κ2) is 7.66. The fraction of sp³-hybridized carbons (Fsp3) is 0.0833. The molecule has 0 radical (unpaired) electrons. The zero-order valence-corrected chi connectivity index (χ0v) is 16.9. The number of fused-ring (bicyclic) bond motifs is 2. The minimum Gasteiger partial charge on any atom is -0.367 e. The van der Waals surface area contributed by atoms with Crippen LogP contribution in [-0.4, -0.2) is 9.97 Å². The molecule has 2 nitrogen and oxygen atoms in total. The van der Waals surface area contributed by atoms with Crippen LogP contribution >= 0.6 is 22.7 Å². The first-order valence-corrected chi connectivity index (χ1v) is 11.2. The molecule has 5 aromatic rings. The molecule has 0 fully saturated rings. The first-order valence-electron chi connectivity index (χ1n) is 9.39. The van der Waals surface area contributed by atoms with Crippen LogP contribution in [0.15, 0.2) is 84.1 Å². The van der Waals surface area contributed by atoms with E-state index in [4.69, 9.17) is 0 Å². The molecular formula is C24H20N2S2. The van der Waals surface area contributed by atoms with Crippen LogP contribution in [0.4, 0.5) is 0 Å². The Morgan fingerprint density at radius 2 is 1.57 bits per heavy atom. The highest BCUT2D eigenvalue weighted by atomic mass is 32.1. The number of aromatic nitrogens is 2. The van der Waals surface area contributed by atoms with Crippen LogP contribution in [0.2, 0.25) is 0 Å². The summed E-state index contributed by atoms with van der Waals surface area (Å²) in [5.41, 5.74) is 6.71. The third kappa shape index (κ3) is 3.26. The second-order valence-corrected chi connectivity index (χ2v) is 8.70. The summed E-state index contributed by atoms with van der Waals surface area (Å²) >= 11 is 3.66. The Morgan fingerprint density at radius 1 is 0.750 bits per heavy atom. The molecule has 1 aromatic carbocycles. The van der Waals surface area contributed by atoms with E-state index in [2.05, 4.69) is 75.5 Å². The molecule has 2 N–H and O–H groups in total. The van der Waals surface area contributed by atoms with Crippen LogP contribution < -0.4 is 0 Å². The molecule has 0 aliphatic heterocycles. The number of nitrogens with one attached hydrogen (secondary N) is 2. The largest absolute Gasteiger partial charge is 0.367 e. The van der Waals surface area contributed by atoms with E-state index in [-0.39, 0.29) is 0 Å². The normalized spacial score (nSPS) is 12.9. The Balaban J connectivity index is 0.000000122. The number of thiophene rings is 2. The molecule has 0 saturated heterocycles. The van der Waals surface area contributed by atoms with E-state index in [1.54, 1.807) is 11.3 Å². The number of benzene rings is 1. The van der Waals surface area contributed by atoms with E-state index in [1.165, 1.54) is 55.6 Å². The van der Waals surface area contributed by atoms with Gasteiger partial charge in [0, 0.05) is 39.8 Å². The number of hydrogen-bond acceptors (Lipinski definition) is 2. The van der Waals surface area contributed by atoms with Gasteiger partial charge in [-0.25, -0.2) is 0 Å². The summed E-state index contributed by atoms with van der Waals surface area (Å²) in [7, 11) is 0. The van der Waals surface area contributed by atoms with Crippen molar-refractivity contribution in [3.63, 3.8) is 0 Å². The Kier molecular flexibility index (Phi) is 4.73. The van der Waals surface area contributed by atoms with E-state index < -0.39 is 0 Å². The zero-order chi connectivity index (χ0) is 18.8. The standard InChI is InChI=1S/C12H11NS.C12H9NS/c2*1-2-10(9-4-6-13-8-9)11-5-7-14-12(11)3-1/h2,4-8,13H,1,3H2;1-8,13H. The van der Waals surface area contributed by atoms with Crippen molar-refractivity contribution >= 4 is 38.3 Å². The summed E-state index contributed by atoms with van der Waals surface area (Å²) in [6.45, 7) is 0. The summed E-state index contributed by atoms with van der Waals surface area (Å²) in [4.78, 5) is 7.73. The molecule has 0 atom stereocenters. The fourth-order valence-electron chi connectivity index (χ4n) is 3.73. The molecule has 1 aliphatic rings. The van der Waals surface area contributed by atoms with Crippen molar-refractivity contribution in [2.24, 2.45) is 0 Å². The van der Waals surface area contributed by atoms with Gasteiger partial charge in [0.05, 0.1) is 0 Å². The van der Waals surface area contributed by atoms with Crippen LogP contribution in [0.25, 0.3) is 26.8 Å². The van der Waals surface area contributed by atoms with Crippen molar-refractivity contribution in [1.82, 2.24) is 9.97 Å². The molecule has 4 heterocycles. The molecule has 0 unspecified atom stereocenters. The van der Waals surface area contributed by atoms with E-state index in [0.29, 0.717) is 0 Å². The van der Waals surface area contributed by atoms with E-state index in [0.717, 1.165) is 0 Å². The predicted molar refractivity (Wildman–Crippen MR) is 122 cm³/mol. The quantitative estimate of drug-likeness (QED) is 0.310. The van der Waals surface area contributed by atoms with E-state index >= 15 is 0 Å². The lowest BCUT2D eigenvalue weighted by molar-refractivity contribution is 1.01. The molecule has 6 rings (SSSR count). The Morgan fingerprint density at radius 3 is 2.39 bits per heavy atom. The molecular weight excluding hydrogens is 380 g/mol. The topological polar surface area (TPSA) is 31.6 Å². The van der Waals surface area contributed by atoms with Gasteiger partial charge in [-0.3, -0.25) is 0 Å². The lowest BCUT2D eigenvalue weighted by Crippen LogP contribution is -1.95. The van der Waals surface area contributed by atoms with Crippen LogP contribution in [0.1, 0.15) is 22.4 Å². The highest BCUT2D eigenvalue weighted by Gasteiger charge is 2.14. The van der Waals surface area contributed by atoms with Gasteiger partial charge >= 0.3 is 0 Å². The van der Waals surface area contributed by atoms with Gasteiger partial charge in [0.25, 0.3) is 0 Å². The summed E-state index contributed by atoms with van der Waals surface area (Å²) < 4.78 is 1.35. The van der Waals surface area contributed by atoms with Crippen LogP contribution in [0.5, 0.6) is 0 Å². The number of aromatic amines is 2. The van der Waals surface area contributed by atoms with Gasteiger partial charge < -0.3 is 9.97 Å². The zero-order valence-electron chi connectivity index (χ0n) is 15.3. The third-order valence-electron chi connectivity index (χ3n) is 5.07. The van der Waals surface area contributed by atoms with Crippen molar-refractivity contribution in [2.75, 3.05) is 0 Å². The lowest BCUT2D eigenvalue weighted by Gasteiger charge is -2.12. The second-order valence-electron chi connectivity index (χ2n) is 6.75. The van der Waals surface area contributed by atoms with E-state index in [1.807, 2.05) is 29.9 Å².